The van der Waals surface area contributed by atoms with E-state index in [0.29, 0.717) is 0 Å². The molecule has 0 aliphatic heterocycles. The van der Waals surface area contributed by atoms with E-state index in [1.807, 2.05) is 0 Å². The van der Waals surface area contributed by atoms with Crippen LogP contribution < -0.4 is 10.1 Å². The van der Waals surface area contributed by atoms with Gasteiger partial charge in [-0.15, -0.1) is 0 Å². The van der Waals surface area contributed by atoms with Gasteiger partial charge in [0.15, 0.2) is 0 Å². The number of carbonyl (C=O) groups is 1. The fourth-order valence-electron chi connectivity index (χ4n) is 1.76. The normalized spacial score (nSPS) is 16.4. The van der Waals surface area contributed by atoms with Crippen LogP contribution in [0.5, 0.6) is 5.75 Å². The number of halogens is 2. The van der Waals surface area contributed by atoms with Gasteiger partial charge in [-0.2, -0.15) is 8.78 Å². The van der Waals surface area contributed by atoms with Crippen LogP contribution in [0.3, 0.4) is 0 Å². The van der Waals surface area contributed by atoms with Crippen molar-refractivity contribution in [2.24, 2.45) is 5.92 Å². The number of rotatable bonds is 6. The molecule has 4 nitrogen and oxygen atoms in total. The predicted octanol–water partition coefficient (Wildman–Crippen LogP) is 2.56. The lowest BCUT2D eigenvalue weighted by atomic mass is 10.1. The summed E-state index contributed by atoms with van der Waals surface area (Å²) >= 11 is 0. The van der Waals surface area contributed by atoms with Crippen LogP contribution in [0.2, 0.25) is 0 Å². The summed E-state index contributed by atoms with van der Waals surface area (Å²) in [6.07, 6.45) is 1.67. The molecule has 98 valence electrons. The smallest absolute Gasteiger partial charge is 0.387 e. The summed E-state index contributed by atoms with van der Waals surface area (Å²) in [5, 5.41) is 11.8. The average molecular weight is 257 g/mol. The van der Waals surface area contributed by atoms with Crippen molar-refractivity contribution in [1.29, 1.82) is 0 Å². The van der Waals surface area contributed by atoms with E-state index >= 15 is 0 Å². The first-order valence-electron chi connectivity index (χ1n) is 5.61. The van der Waals surface area contributed by atoms with Crippen molar-refractivity contribution < 1.29 is 23.4 Å². The molecule has 1 aromatic carbocycles. The second-order valence-electron chi connectivity index (χ2n) is 4.17. The van der Waals surface area contributed by atoms with Gasteiger partial charge < -0.3 is 15.2 Å². The third-order valence-corrected chi connectivity index (χ3v) is 2.77. The van der Waals surface area contributed by atoms with Crippen LogP contribution in [-0.4, -0.2) is 23.7 Å². The number of hydrogen-bond donors (Lipinski definition) is 2. The standard InChI is InChI=1S/C12H13F2NO3/c13-12(14)18-9-4-2-1-3-8(9)15-10(11(16)17)7-5-6-7/h1-4,7,10,12,15H,5-6H2,(H,16,17). The van der Waals surface area contributed by atoms with E-state index in [2.05, 4.69) is 10.1 Å². The molecule has 0 saturated heterocycles. The molecule has 1 atom stereocenters. The van der Waals surface area contributed by atoms with Crippen molar-refractivity contribution in [3.05, 3.63) is 24.3 Å². The number of aliphatic carboxylic acids is 1. The number of carboxylic acid groups (broad SMARTS) is 1. The van der Waals surface area contributed by atoms with E-state index in [4.69, 9.17) is 5.11 Å². The van der Waals surface area contributed by atoms with Gasteiger partial charge in [0, 0.05) is 0 Å². The van der Waals surface area contributed by atoms with Crippen molar-refractivity contribution in [2.45, 2.75) is 25.5 Å². The fourth-order valence-corrected chi connectivity index (χ4v) is 1.76. The topological polar surface area (TPSA) is 58.6 Å². The molecule has 0 heterocycles. The summed E-state index contributed by atoms with van der Waals surface area (Å²) in [5.74, 6) is -0.967. The Hall–Kier alpha value is -1.85. The molecule has 1 fully saturated rings. The highest BCUT2D eigenvalue weighted by Crippen LogP contribution is 2.36. The lowest BCUT2D eigenvalue weighted by molar-refractivity contribution is -0.138. The molecule has 0 spiro atoms. The summed E-state index contributed by atoms with van der Waals surface area (Å²) < 4.78 is 28.7. The maximum atomic E-state index is 12.2. The zero-order valence-corrected chi connectivity index (χ0v) is 9.48. The van der Waals surface area contributed by atoms with Gasteiger partial charge in [0.1, 0.15) is 11.8 Å². The third kappa shape index (κ3) is 3.09. The Morgan fingerprint density at radius 1 is 1.39 bits per heavy atom. The van der Waals surface area contributed by atoms with Crippen LogP contribution in [0.1, 0.15) is 12.8 Å². The van der Waals surface area contributed by atoms with E-state index in [0.717, 1.165) is 12.8 Å². The molecule has 0 amide bonds. The minimum atomic E-state index is -2.93. The summed E-state index contributed by atoms with van der Waals surface area (Å²) in [4.78, 5) is 11.1. The summed E-state index contributed by atoms with van der Waals surface area (Å²) in [6.45, 7) is -2.93. The second-order valence-corrected chi connectivity index (χ2v) is 4.17. The van der Waals surface area contributed by atoms with Gasteiger partial charge in [0.05, 0.1) is 5.69 Å². The van der Waals surface area contributed by atoms with Crippen LogP contribution in [0.25, 0.3) is 0 Å². The average Bonchev–Trinajstić information content (AvgIpc) is 3.10. The highest BCUT2D eigenvalue weighted by molar-refractivity contribution is 5.79. The molecule has 1 aromatic rings. The van der Waals surface area contributed by atoms with E-state index in [1.165, 1.54) is 12.1 Å². The van der Waals surface area contributed by atoms with Gasteiger partial charge in [-0.1, -0.05) is 12.1 Å². The Morgan fingerprint density at radius 2 is 2.06 bits per heavy atom. The number of alkyl halides is 2. The summed E-state index contributed by atoms with van der Waals surface area (Å²) in [7, 11) is 0. The van der Waals surface area contributed by atoms with E-state index in [9.17, 15) is 13.6 Å². The number of hydrogen-bond acceptors (Lipinski definition) is 3. The first-order valence-corrected chi connectivity index (χ1v) is 5.61. The maximum absolute atomic E-state index is 12.2. The first kappa shape index (κ1) is 12.6. The summed E-state index contributed by atoms with van der Waals surface area (Å²) in [5.41, 5.74) is 0.275. The minimum Gasteiger partial charge on any atom is -0.480 e. The van der Waals surface area contributed by atoms with Crippen molar-refractivity contribution in [3.63, 3.8) is 0 Å². The zero-order chi connectivity index (χ0) is 13.1. The Labute approximate surface area is 103 Å². The van der Waals surface area contributed by atoms with Crippen LogP contribution in [0.4, 0.5) is 14.5 Å². The highest BCUT2D eigenvalue weighted by atomic mass is 19.3. The van der Waals surface area contributed by atoms with E-state index < -0.39 is 18.6 Å². The lowest BCUT2D eigenvalue weighted by Gasteiger charge is -2.17. The molecule has 18 heavy (non-hydrogen) atoms. The largest absolute Gasteiger partial charge is 0.480 e. The molecule has 0 radical (unpaired) electrons. The highest BCUT2D eigenvalue weighted by Gasteiger charge is 2.36. The van der Waals surface area contributed by atoms with Gasteiger partial charge in [0.25, 0.3) is 0 Å². The molecular formula is C12H13F2NO3. The van der Waals surface area contributed by atoms with Gasteiger partial charge in [0.2, 0.25) is 0 Å². The van der Waals surface area contributed by atoms with Gasteiger partial charge in [-0.25, -0.2) is 4.79 Å². The minimum absolute atomic E-state index is 0.0422. The lowest BCUT2D eigenvalue weighted by Crippen LogP contribution is -2.31. The second kappa shape index (κ2) is 5.20. The number of benzene rings is 1. The predicted molar refractivity (Wildman–Crippen MR) is 60.8 cm³/mol. The first-order chi connectivity index (χ1) is 8.58. The van der Waals surface area contributed by atoms with Gasteiger partial charge in [-0.3, -0.25) is 0 Å². The fraction of sp³-hybridized carbons (Fsp3) is 0.417. The molecule has 2 rings (SSSR count). The van der Waals surface area contributed by atoms with Crippen molar-refractivity contribution in [2.75, 3.05) is 5.32 Å². The molecular weight excluding hydrogens is 244 g/mol. The van der Waals surface area contributed by atoms with Crippen molar-refractivity contribution in [1.82, 2.24) is 0 Å². The van der Waals surface area contributed by atoms with E-state index in [1.54, 1.807) is 12.1 Å². The Morgan fingerprint density at radius 3 is 2.61 bits per heavy atom. The van der Waals surface area contributed by atoms with Gasteiger partial charge >= 0.3 is 12.6 Å². The number of nitrogens with one attached hydrogen (secondary N) is 1. The third-order valence-electron chi connectivity index (χ3n) is 2.77. The number of anilines is 1. The maximum Gasteiger partial charge on any atom is 0.387 e. The molecule has 1 aliphatic carbocycles. The molecule has 0 bridgehead atoms. The van der Waals surface area contributed by atoms with Gasteiger partial charge in [-0.05, 0) is 30.9 Å². The Balaban J connectivity index is 2.14. The zero-order valence-electron chi connectivity index (χ0n) is 9.48. The Kier molecular flexibility index (Phi) is 3.64. The molecule has 6 heteroatoms. The number of ether oxygens (including phenoxy) is 1. The molecule has 1 aliphatic rings. The van der Waals surface area contributed by atoms with Crippen LogP contribution >= 0.6 is 0 Å². The van der Waals surface area contributed by atoms with Crippen molar-refractivity contribution in [3.8, 4) is 5.75 Å². The van der Waals surface area contributed by atoms with E-state index in [-0.39, 0.29) is 17.4 Å². The van der Waals surface area contributed by atoms with Crippen LogP contribution in [0, 0.1) is 5.92 Å². The quantitative estimate of drug-likeness (QED) is 0.822. The SMILES string of the molecule is O=C(O)C(Nc1ccccc1OC(F)F)C1CC1. The molecule has 1 unspecified atom stereocenters. The van der Waals surface area contributed by atoms with Crippen LogP contribution in [-0.2, 0) is 4.79 Å². The number of carboxylic acids is 1. The monoisotopic (exact) mass is 257 g/mol. The van der Waals surface area contributed by atoms with Crippen molar-refractivity contribution >= 4 is 11.7 Å². The Bertz CT molecular complexity index is 435. The molecule has 0 aromatic heterocycles. The van der Waals surface area contributed by atoms with Crippen LogP contribution in [0.15, 0.2) is 24.3 Å². The molecule has 2 N–H and O–H groups in total. The molecule has 1 saturated carbocycles. The summed E-state index contributed by atoms with van der Waals surface area (Å²) in [6, 6.07) is 5.32. The number of para-hydroxylation sites is 2.